The molecule has 0 bridgehead atoms. The minimum atomic E-state index is -1.04. The highest BCUT2D eigenvalue weighted by Gasteiger charge is 2.53. The second kappa shape index (κ2) is 8.10. The molecular formula is C26H29FNO+. The van der Waals surface area contributed by atoms with Gasteiger partial charge in [0.2, 0.25) is 0 Å². The zero-order valence-corrected chi connectivity index (χ0v) is 17.0. The predicted octanol–water partition coefficient (Wildman–Crippen LogP) is 4.74. The van der Waals surface area contributed by atoms with Crippen LogP contribution in [0.2, 0.25) is 0 Å². The van der Waals surface area contributed by atoms with Crippen LogP contribution in [0.5, 0.6) is 0 Å². The van der Waals surface area contributed by atoms with Gasteiger partial charge in [-0.05, 0) is 23.6 Å². The Balaban J connectivity index is 1.84. The number of hydrogen-bond acceptors (Lipinski definition) is 1. The third kappa shape index (κ3) is 3.85. The van der Waals surface area contributed by atoms with Gasteiger partial charge in [-0.25, -0.2) is 4.39 Å². The molecule has 1 aliphatic rings. The zero-order chi connectivity index (χ0) is 20.4. The van der Waals surface area contributed by atoms with E-state index < -0.39 is 5.60 Å². The lowest BCUT2D eigenvalue weighted by atomic mass is 9.64. The fourth-order valence-electron chi connectivity index (χ4n) is 5.14. The first-order valence-corrected chi connectivity index (χ1v) is 10.4. The van der Waals surface area contributed by atoms with Crippen molar-refractivity contribution in [2.45, 2.75) is 38.0 Å². The number of aliphatic hydroxyl groups is 1. The fraction of sp³-hybridized carbons (Fsp3) is 0.308. The molecule has 150 valence electrons. The molecule has 0 aliphatic carbocycles. The Hall–Kier alpha value is -2.49. The Morgan fingerprint density at radius 2 is 1.41 bits per heavy atom. The van der Waals surface area contributed by atoms with Crippen LogP contribution in [-0.4, -0.2) is 5.11 Å². The van der Waals surface area contributed by atoms with Gasteiger partial charge in [-0.3, -0.25) is 0 Å². The van der Waals surface area contributed by atoms with E-state index in [4.69, 9.17) is 0 Å². The van der Waals surface area contributed by atoms with Crippen LogP contribution in [0, 0.1) is 17.7 Å². The van der Waals surface area contributed by atoms with Crippen LogP contribution in [0.3, 0.4) is 0 Å². The van der Waals surface area contributed by atoms with Crippen molar-refractivity contribution in [2.75, 3.05) is 0 Å². The molecule has 3 aromatic carbocycles. The van der Waals surface area contributed by atoms with Gasteiger partial charge in [-0.2, -0.15) is 0 Å². The fourth-order valence-corrected chi connectivity index (χ4v) is 5.14. The average Bonchev–Trinajstić information content (AvgIpc) is 2.74. The summed E-state index contributed by atoms with van der Waals surface area (Å²) in [5.41, 5.74) is 2.17. The number of piperidine rings is 1. The van der Waals surface area contributed by atoms with Crippen LogP contribution in [-0.2, 0) is 5.60 Å². The van der Waals surface area contributed by atoms with Gasteiger partial charge in [0, 0.05) is 17.5 Å². The van der Waals surface area contributed by atoms with Crippen LogP contribution in [0.15, 0.2) is 84.9 Å². The maximum atomic E-state index is 13.6. The van der Waals surface area contributed by atoms with Crippen molar-refractivity contribution in [2.24, 2.45) is 11.8 Å². The molecule has 1 aliphatic heterocycles. The van der Waals surface area contributed by atoms with E-state index in [-0.39, 0.29) is 29.7 Å². The van der Waals surface area contributed by atoms with E-state index in [1.54, 1.807) is 12.1 Å². The van der Waals surface area contributed by atoms with Gasteiger partial charge in [0.05, 0.1) is 5.92 Å². The molecule has 3 aromatic rings. The van der Waals surface area contributed by atoms with Gasteiger partial charge in [0.25, 0.3) is 0 Å². The highest BCUT2D eigenvalue weighted by atomic mass is 19.1. The summed E-state index contributed by atoms with van der Waals surface area (Å²) >= 11 is 0. The van der Waals surface area contributed by atoms with E-state index in [0.29, 0.717) is 6.42 Å². The standard InChI is InChI=1S/C26H28FNO/c1-18(2)24-25(20-11-7-4-8-12-20)28-23(19-9-5-3-6-10-19)17-26(24,29)21-13-15-22(27)16-14-21/h3-16,18,23-25,28-29H,17H2,1-2H3/p+1/t23-,24+,25+,26-/m0/s1. The molecule has 0 aromatic heterocycles. The molecule has 4 atom stereocenters. The minimum absolute atomic E-state index is 0.00433. The van der Waals surface area contributed by atoms with Crippen LogP contribution < -0.4 is 5.32 Å². The summed E-state index contributed by atoms with van der Waals surface area (Å²) < 4.78 is 13.6. The predicted molar refractivity (Wildman–Crippen MR) is 114 cm³/mol. The van der Waals surface area contributed by atoms with Crippen molar-refractivity contribution >= 4 is 0 Å². The summed E-state index contributed by atoms with van der Waals surface area (Å²) in [6.07, 6.45) is 0.592. The summed E-state index contributed by atoms with van der Waals surface area (Å²) in [5.74, 6) is -0.0291. The molecule has 1 saturated heterocycles. The molecule has 4 rings (SSSR count). The highest BCUT2D eigenvalue weighted by molar-refractivity contribution is 5.30. The molecular weight excluding hydrogens is 361 g/mol. The Kier molecular flexibility index (Phi) is 5.53. The maximum absolute atomic E-state index is 13.6. The van der Waals surface area contributed by atoms with Crippen LogP contribution >= 0.6 is 0 Å². The summed E-state index contributed by atoms with van der Waals surface area (Å²) in [6, 6.07) is 27.4. The molecule has 3 heteroatoms. The molecule has 0 radical (unpaired) electrons. The van der Waals surface area contributed by atoms with Crippen molar-refractivity contribution in [1.82, 2.24) is 0 Å². The van der Waals surface area contributed by atoms with E-state index in [0.717, 1.165) is 5.56 Å². The van der Waals surface area contributed by atoms with E-state index in [2.05, 4.69) is 55.6 Å². The van der Waals surface area contributed by atoms with E-state index >= 15 is 0 Å². The van der Waals surface area contributed by atoms with Crippen LogP contribution in [0.4, 0.5) is 4.39 Å². The minimum Gasteiger partial charge on any atom is -0.384 e. The third-order valence-electron chi connectivity index (χ3n) is 6.38. The van der Waals surface area contributed by atoms with Gasteiger partial charge in [0.15, 0.2) is 0 Å². The first kappa shape index (κ1) is 19.8. The topological polar surface area (TPSA) is 36.8 Å². The van der Waals surface area contributed by atoms with Crippen molar-refractivity contribution in [3.05, 3.63) is 107 Å². The van der Waals surface area contributed by atoms with Crippen LogP contribution in [0.1, 0.15) is 49.0 Å². The molecule has 0 spiro atoms. The van der Waals surface area contributed by atoms with Crippen molar-refractivity contribution in [1.29, 1.82) is 0 Å². The summed E-state index contributed by atoms with van der Waals surface area (Å²) in [4.78, 5) is 0. The Morgan fingerprint density at radius 3 is 1.97 bits per heavy atom. The number of rotatable bonds is 4. The number of quaternary nitrogens is 1. The van der Waals surface area contributed by atoms with Crippen LogP contribution in [0.25, 0.3) is 0 Å². The SMILES string of the molecule is CC(C)[C@@H]1[C@@H](c2ccccc2)[NH2+][C@H](c2ccccc2)C[C@]1(O)c1ccc(F)cc1. The smallest absolute Gasteiger partial charge is 0.123 e. The molecule has 2 nitrogen and oxygen atoms in total. The Bertz CT molecular complexity index is 926. The quantitative estimate of drug-likeness (QED) is 0.664. The molecule has 0 unspecified atom stereocenters. The third-order valence-corrected chi connectivity index (χ3v) is 6.38. The lowest BCUT2D eigenvalue weighted by Crippen LogP contribution is -2.91. The number of halogens is 1. The normalized spacial score (nSPS) is 27.1. The molecule has 1 heterocycles. The van der Waals surface area contributed by atoms with Crippen molar-refractivity contribution in [3.8, 4) is 0 Å². The highest BCUT2D eigenvalue weighted by Crippen LogP contribution is 2.48. The molecule has 3 N–H and O–H groups in total. The summed E-state index contributed by atoms with van der Waals surface area (Å²) in [7, 11) is 0. The molecule has 29 heavy (non-hydrogen) atoms. The number of nitrogens with two attached hydrogens (primary N) is 1. The van der Waals surface area contributed by atoms with Gasteiger partial charge < -0.3 is 10.4 Å². The number of benzene rings is 3. The van der Waals surface area contributed by atoms with Gasteiger partial charge in [-0.15, -0.1) is 0 Å². The lowest BCUT2D eigenvalue weighted by Gasteiger charge is -2.48. The van der Waals surface area contributed by atoms with Gasteiger partial charge in [-0.1, -0.05) is 86.6 Å². The lowest BCUT2D eigenvalue weighted by molar-refractivity contribution is -0.759. The van der Waals surface area contributed by atoms with Gasteiger partial charge in [0.1, 0.15) is 23.5 Å². The monoisotopic (exact) mass is 390 g/mol. The zero-order valence-electron chi connectivity index (χ0n) is 17.0. The summed E-state index contributed by atoms with van der Waals surface area (Å²) in [6.45, 7) is 4.34. The van der Waals surface area contributed by atoms with E-state index in [1.165, 1.54) is 23.3 Å². The number of hydrogen-bond donors (Lipinski definition) is 2. The van der Waals surface area contributed by atoms with Crippen molar-refractivity contribution < 1.29 is 14.8 Å². The Morgan fingerprint density at radius 1 is 0.862 bits per heavy atom. The second-order valence-electron chi connectivity index (χ2n) is 8.55. The second-order valence-corrected chi connectivity index (χ2v) is 8.55. The summed E-state index contributed by atoms with van der Waals surface area (Å²) in [5, 5.41) is 14.6. The molecule has 1 fully saturated rings. The molecule has 0 saturated carbocycles. The van der Waals surface area contributed by atoms with Crippen molar-refractivity contribution in [3.63, 3.8) is 0 Å². The Labute approximate surface area is 172 Å². The van der Waals surface area contributed by atoms with Gasteiger partial charge >= 0.3 is 0 Å². The van der Waals surface area contributed by atoms with E-state index in [9.17, 15) is 9.50 Å². The first-order valence-electron chi connectivity index (χ1n) is 10.4. The first-order chi connectivity index (χ1) is 14.0. The molecule has 0 amide bonds. The van der Waals surface area contributed by atoms with E-state index in [1.807, 2.05) is 24.3 Å². The largest absolute Gasteiger partial charge is 0.384 e. The average molecular weight is 391 g/mol. The maximum Gasteiger partial charge on any atom is 0.123 e.